The van der Waals surface area contributed by atoms with E-state index in [1.54, 1.807) is 0 Å². The SMILES string of the molecule is Cc1ccc(-c2nc(C)c(C(=O)NC(CC(C)C)CN(C)C)s2)o1. The molecule has 0 aliphatic rings. The highest BCUT2D eigenvalue weighted by Gasteiger charge is 2.21. The minimum absolute atomic E-state index is 0.0490. The number of aryl methyl sites for hydroxylation is 2. The van der Waals surface area contributed by atoms with Crippen molar-refractivity contribution in [2.24, 2.45) is 5.92 Å². The Morgan fingerprint density at radius 3 is 2.58 bits per heavy atom. The van der Waals surface area contributed by atoms with Crippen molar-refractivity contribution in [2.75, 3.05) is 20.6 Å². The van der Waals surface area contributed by atoms with Gasteiger partial charge in [0.1, 0.15) is 10.6 Å². The number of furan rings is 1. The number of hydrogen-bond acceptors (Lipinski definition) is 5. The third-order valence-electron chi connectivity index (χ3n) is 3.63. The summed E-state index contributed by atoms with van der Waals surface area (Å²) in [4.78, 5) is 20.0. The summed E-state index contributed by atoms with van der Waals surface area (Å²) >= 11 is 1.38. The second-order valence-electron chi connectivity index (χ2n) is 6.91. The van der Waals surface area contributed by atoms with Crippen LogP contribution in [0.5, 0.6) is 0 Å². The first kappa shape index (κ1) is 18.7. The van der Waals surface area contributed by atoms with Crippen LogP contribution in [-0.2, 0) is 0 Å². The molecule has 2 aromatic rings. The molecule has 0 aromatic carbocycles. The summed E-state index contributed by atoms with van der Waals surface area (Å²) in [5.74, 6) is 2.03. The molecular weight excluding hydrogens is 322 g/mol. The van der Waals surface area contributed by atoms with Gasteiger partial charge >= 0.3 is 0 Å². The van der Waals surface area contributed by atoms with E-state index < -0.39 is 0 Å². The second-order valence-corrected chi connectivity index (χ2v) is 7.91. The number of likely N-dealkylation sites (N-methyl/N-ethyl adjacent to an activating group) is 1. The third kappa shape index (κ3) is 4.92. The molecule has 1 atom stereocenters. The first-order valence-electron chi connectivity index (χ1n) is 8.26. The van der Waals surface area contributed by atoms with E-state index in [0.29, 0.717) is 16.6 Å². The zero-order chi connectivity index (χ0) is 17.9. The van der Waals surface area contributed by atoms with Gasteiger partial charge in [0.15, 0.2) is 10.8 Å². The molecule has 0 spiro atoms. The van der Waals surface area contributed by atoms with Crippen LogP contribution in [0, 0.1) is 19.8 Å². The van der Waals surface area contributed by atoms with Crippen LogP contribution < -0.4 is 5.32 Å². The van der Waals surface area contributed by atoms with Crippen molar-refractivity contribution in [1.29, 1.82) is 0 Å². The molecule has 2 heterocycles. The zero-order valence-electron chi connectivity index (χ0n) is 15.3. The van der Waals surface area contributed by atoms with E-state index in [0.717, 1.165) is 29.4 Å². The number of nitrogens with zero attached hydrogens (tertiary/aromatic N) is 2. The maximum atomic E-state index is 12.7. The molecule has 6 heteroatoms. The van der Waals surface area contributed by atoms with Crippen molar-refractivity contribution in [3.63, 3.8) is 0 Å². The van der Waals surface area contributed by atoms with Crippen LogP contribution in [0.15, 0.2) is 16.5 Å². The van der Waals surface area contributed by atoms with Crippen LogP contribution in [0.4, 0.5) is 0 Å². The fourth-order valence-corrected chi connectivity index (χ4v) is 3.63. The molecule has 24 heavy (non-hydrogen) atoms. The van der Waals surface area contributed by atoms with Crippen molar-refractivity contribution in [1.82, 2.24) is 15.2 Å². The molecule has 0 bridgehead atoms. The standard InChI is InChI=1S/C18H27N3O2S/c1-11(2)9-14(10-21(5)6)20-17(22)16-13(4)19-18(24-16)15-8-7-12(3)23-15/h7-8,11,14H,9-10H2,1-6H3,(H,20,22). The maximum Gasteiger partial charge on any atom is 0.263 e. The highest BCUT2D eigenvalue weighted by molar-refractivity contribution is 7.17. The number of carbonyl (C=O) groups excluding carboxylic acids is 1. The van der Waals surface area contributed by atoms with Crippen LogP contribution in [0.2, 0.25) is 0 Å². The van der Waals surface area contributed by atoms with Gasteiger partial charge in [0.25, 0.3) is 5.91 Å². The highest BCUT2D eigenvalue weighted by atomic mass is 32.1. The van der Waals surface area contributed by atoms with E-state index in [9.17, 15) is 4.79 Å². The molecule has 1 amide bonds. The summed E-state index contributed by atoms with van der Waals surface area (Å²) in [7, 11) is 4.05. The Kier molecular flexibility index (Phi) is 6.18. The van der Waals surface area contributed by atoms with Crippen molar-refractivity contribution in [3.8, 4) is 10.8 Å². The monoisotopic (exact) mass is 349 g/mol. The highest BCUT2D eigenvalue weighted by Crippen LogP contribution is 2.29. The number of thiazole rings is 1. The van der Waals surface area contributed by atoms with Gasteiger partial charge in [0.2, 0.25) is 0 Å². The summed E-state index contributed by atoms with van der Waals surface area (Å²) in [6.45, 7) is 8.93. The van der Waals surface area contributed by atoms with Gasteiger partial charge in [-0.3, -0.25) is 4.79 Å². The van der Waals surface area contributed by atoms with Gasteiger partial charge in [0.05, 0.1) is 5.69 Å². The van der Waals surface area contributed by atoms with Gasteiger partial charge in [0, 0.05) is 12.6 Å². The van der Waals surface area contributed by atoms with Crippen molar-refractivity contribution >= 4 is 17.2 Å². The predicted molar refractivity (Wildman–Crippen MR) is 98.6 cm³/mol. The van der Waals surface area contributed by atoms with E-state index in [1.807, 2.05) is 40.1 Å². The van der Waals surface area contributed by atoms with Crippen LogP contribution in [0.25, 0.3) is 10.8 Å². The van der Waals surface area contributed by atoms with Gasteiger partial charge in [-0.25, -0.2) is 4.98 Å². The van der Waals surface area contributed by atoms with Crippen LogP contribution in [0.3, 0.4) is 0 Å². The number of aromatic nitrogens is 1. The number of rotatable bonds is 7. The van der Waals surface area contributed by atoms with Crippen LogP contribution in [-0.4, -0.2) is 42.5 Å². The Morgan fingerprint density at radius 2 is 2.04 bits per heavy atom. The lowest BCUT2D eigenvalue weighted by molar-refractivity contribution is 0.0928. The molecule has 2 aromatic heterocycles. The number of nitrogens with one attached hydrogen (secondary N) is 1. The minimum atomic E-state index is -0.0490. The molecule has 2 rings (SSSR count). The van der Waals surface area contributed by atoms with E-state index in [2.05, 4.69) is 29.0 Å². The second kappa shape index (κ2) is 7.94. The number of hydrogen-bond donors (Lipinski definition) is 1. The minimum Gasteiger partial charge on any atom is -0.459 e. The largest absolute Gasteiger partial charge is 0.459 e. The van der Waals surface area contributed by atoms with Crippen molar-refractivity contribution in [3.05, 3.63) is 28.5 Å². The molecule has 0 radical (unpaired) electrons. The molecule has 0 fully saturated rings. The summed E-state index contributed by atoms with van der Waals surface area (Å²) in [5, 5.41) is 3.91. The lowest BCUT2D eigenvalue weighted by Crippen LogP contribution is -2.42. The Hall–Kier alpha value is -1.66. The van der Waals surface area contributed by atoms with E-state index in [1.165, 1.54) is 11.3 Å². The lowest BCUT2D eigenvalue weighted by Gasteiger charge is -2.23. The first-order valence-corrected chi connectivity index (χ1v) is 9.07. The average molecular weight is 350 g/mol. The van der Waals surface area contributed by atoms with Gasteiger partial charge in [-0.05, 0) is 52.4 Å². The molecule has 132 valence electrons. The molecule has 1 unspecified atom stereocenters. The molecule has 0 aliphatic carbocycles. The topological polar surface area (TPSA) is 58.4 Å². The normalized spacial score (nSPS) is 12.8. The number of carbonyl (C=O) groups is 1. The summed E-state index contributed by atoms with van der Waals surface area (Å²) in [6.07, 6.45) is 0.950. The Labute approximate surface area is 148 Å². The molecule has 5 nitrogen and oxygen atoms in total. The smallest absolute Gasteiger partial charge is 0.263 e. The fraction of sp³-hybridized carbons (Fsp3) is 0.556. The average Bonchev–Trinajstić information content (AvgIpc) is 3.03. The maximum absolute atomic E-state index is 12.7. The predicted octanol–water partition coefficient (Wildman–Crippen LogP) is 3.73. The van der Waals surface area contributed by atoms with Crippen LogP contribution >= 0.6 is 11.3 Å². The van der Waals surface area contributed by atoms with Gasteiger partial charge in [-0.15, -0.1) is 11.3 Å². The lowest BCUT2D eigenvalue weighted by atomic mass is 10.0. The quantitative estimate of drug-likeness (QED) is 0.827. The zero-order valence-corrected chi connectivity index (χ0v) is 16.2. The molecule has 1 N–H and O–H groups in total. The van der Waals surface area contributed by atoms with Crippen molar-refractivity contribution in [2.45, 2.75) is 40.2 Å². The summed E-state index contributed by atoms with van der Waals surface area (Å²) < 4.78 is 5.61. The van der Waals surface area contributed by atoms with Crippen molar-refractivity contribution < 1.29 is 9.21 Å². The Balaban J connectivity index is 2.14. The Bertz CT molecular complexity index is 678. The third-order valence-corrected chi connectivity index (χ3v) is 4.80. The van der Waals surface area contributed by atoms with Crippen LogP contribution in [0.1, 0.15) is 41.4 Å². The molecular formula is C18H27N3O2S. The Morgan fingerprint density at radius 1 is 1.33 bits per heavy atom. The summed E-state index contributed by atoms with van der Waals surface area (Å²) in [5.41, 5.74) is 0.745. The first-order chi connectivity index (χ1) is 11.3. The van der Waals surface area contributed by atoms with E-state index in [4.69, 9.17) is 4.42 Å². The summed E-state index contributed by atoms with van der Waals surface area (Å²) in [6, 6.07) is 3.92. The van der Waals surface area contributed by atoms with Gasteiger partial charge in [-0.2, -0.15) is 0 Å². The van der Waals surface area contributed by atoms with Gasteiger partial charge < -0.3 is 14.6 Å². The molecule has 0 saturated carbocycles. The molecule has 0 aliphatic heterocycles. The fourth-order valence-electron chi connectivity index (χ4n) is 2.70. The van der Waals surface area contributed by atoms with E-state index in [-0.39, 0.29) is 11.9 Å². The van der Waals surface area contributed by atoms with Gasteiger partial charge in [-0.1, -0.05) is 13.8 Å². The van der Waals surface area contributed by atoms with E-state index >= 15 is 0 Å². The molecule has 0 saturated heterocycles. The number of amides is 1.